The van der Waals surface area contributed by atoms with Crippen molar-refractivity contribution < 1.29 is 4.79 Å². The van der Waals surface area contributed by atoms with Crippen molar-refractivity contribution >= 4 is 46.4 Å². The van der Waals surface area contributed by atoms with Gasteiger partial charge in [-0.1, -0.05) is 40.9 Å². The van der Waals surface area contributed by atoms with E-state index in [0.29, 0.717) is 37.7 Å². The molecule has 0 atom stereocenters. The van der Waals surface area contributed by atoms with Crippen molar-refractivity contribution in [2.45, 2.75) is 6.92 Å². The van der Waals surface area contributed by atoms with E-state index in [9.17, 15) is 4.79 Å². The summed E-state index contributed by atoms with van der Waals surface area (Å²) in [6.07, 6.45) is 0. The highest BCUT2D eigenvalue weighted by atomic mass is 35.5. The first-order chi connectivity index (χ1) is 11.4. The monoisotopic (exact) mass is 379 g/mol. The molecule has 0 radical (unpaired) electrons. The molecule has 0 spiro atoms. The van der Waals surface area contributed by atoms with Crippen LogP contribution in [0.2, 0.25) is 15.1 Å². The number of H-pyrrole nitrogens is 1. The zero-order chi connectivity index (χ0) is 17.3. The van der Waals surface area contributed by atoms with Crippen molar-refractivity contribution in [3.63, 3.8) is 0 Å². The molecule has 1 aromatic heterocycles. The minimum atomic E-state index is -0.316. The maximum absolute atomic E-state index is 12.4. The first-order valence-corrected chi connectivity index (χ1v) is 8.16. The number of aryl methyl sites for hydroxylation is 1. The fourth-order valence-electron chi connectivity index (χ4n) is 2.19. The molecule has 0 unspecified atom stereocenters. The smallest absolute Gasteiger partial charge is 0.273 e. The zero-order valence-corrected chi connectivity index (χ0v) is 14.8. The van der Waals surface area contributed by atoms with Gasteiger partial charge in [-0.2, -0.15) is 5.10 Å². The fraction of sp³-hybridized carbons (Fsp3) is 0.0588. The predicted octanol–water partition coefficient (Wildman–Crippen LogP) is 5.60. The molecule has 24 heavy (non-hydrogen) atoms. The lowest BCUT2D eigenvalue weighted by Crippen LogP contribution is -2.13. The number of rotatable bonds is 3. The second kappa shape index (κ2) is 6.85. The van der Waals surface area contributed by atoms with E-state index in [0.717, 1.165) is 5.56 Å². The van der Waals surface area contributed by atoms with Crippen LogP contribution in [0.25, 0.3) is 11.3 Å². The minimum Gasteiger partial charge on any atom is -0.320 e. The van der Waals surface area contributed by atoms with Crippen LogP contribution in [-0.2, 0) is 0 Å². The molecule has 0 bridgehead atoms. The zero-order valence-electron chi connectivity index (χ0n) is 12.5. The van der Waals surface area contributed by atoms with Gasteiger partial charge < -0.3 is 5.32 Å². The maximum Gasteiger partial charge on any atom is 0.273 e. The van der Waals surface area contributed by atoms with E-state index >= 15 is 0 Å². The average molecular weight is 381 g/mol. The lowest BCUT2D eigenvalue weighted by Gasteiger charge is -2.07. The van der Waals surface area contributed by atoms with E-state index < -0.39 is 0 Å². The van der Waals surface area contributed by atoms with Gasteiger partial charge in [0.2, 0.25) is 0 Å². The summed E-state index contributed by atoms with van der Waals surface area (Å²) in [7, 11) is 0. The van der Waals surface area contributed by atoms with Gasteiger partial charge in [-0.25, -0.2) is 0 Å². The molecule has 0 saturated heterocycles. The van der Waals surface area contributed by atoms with Gasteiger partial charge in [-0.15, -0.1) is 0 Å². The van der Waals surface area contributed by atoms with Crippen LogP contribution in [0.4, 0.5) is 5.69 Å². The molecule has 0 saturated carbocycles. The number of hydrogen-bond donors (Lipinski definition) is 2. The van der Waals surface area contributed by atoms with Crippen molar-refractivity contribution in [1.82, 2.24) is 10.2 Å². The fourth-order valence-corrected chi connectivity index (χ4v) is 2.87. The summed E-state index contributed by atoms with van der Waals surface area (Å²) in [4.78, 5) is 12.4. The second-order valence-corrected chi connectivity index (χ2v) is 6.48. The molecule has 122 valence electrons. The number of aromatic nitrogens is 2. The Morgan fingerprint density at radius 3 is 2.50 bits per heavy atom. The third-order valence-electron chi connectivity index (χ3n) is 3.48. The van der Waals surface area contributed by atoms with Crippen LogP contribution in [0.15, 0.2) is 42.5 Å². The Kier molecular flexibility index (Phi) is 4.81. The van der Waals surface area contributed by atoms with E-state index in [-0.39, 0.29) is 5.91 Å². The summed E-state index contributed by atoms with van der Waals surface area (Å²) in [6, 6.07) is 12.0. The average Bonchev–Trinajstić information content (AvgIpc) is 3.00. The molecule has 7 heteroatoms. The highest BCUT2D eigenvalue weighted by molar-refractivity contribution is 6.36. The predicted molar refractivity (Wildman–Crippen MR) is 98.2 cm³/mol. The minimum absolute atomic E-state index is 0.315. The summed E-state index contributed by atoms with van der Waals surface area (Å²) in [5.41, 5.74) is 3.12. The van der Waals surface area contributed by atoms with Gasteiger partial charge in [0.15, 0.2) is 0 Å². The normalized spacial score (nSPS) is 10.7. The second-order valence-electron chi connectivity index (χ2n) is 5.20. The maximum atomic E-state index is 12.4. The molecule has 0 aliphatic heterocycles. The molecule has 3 rings (SSSR count). The largest absolute Gasteiger partial charge is 0.320 e. The molecule has 2 N–H and O–H groups in total. The number of nitrogens with zero attached hydrogens (tertiary/aromatic N) is 1. The van der Waals surface area contributed by atoms with Crippen LogP contribution in [-0.4, -0.2) is 16.1 Å². The summed E-state index contributed by atoms with van der Waals surface area (Å²) in [5, 5.41) is 11.2. The Balaban J connectivity index is 1.85. The number of amides is 1. The van der Waals surface area contributed by atoms with Crippen molar-refractivity contribution in [3.8, 4) is 11.3 Å². The lowest BCUT2D eigenvalue weighted by molar-refractivity contribution is 0.102. The van der Waals surface area contributed by atoms with Crippen molar-refractivity contribution in [1.29, 1.82) is 0 Å². The van der Waals surface area contributed by atoms with Crippen LogP contribution in [0.3, 0.4) is 0 Å². The summed E-state index contributed by atoms with van der Waals surface area (Å²) >= 11 is 18.0. The standard InChI is InChI=1S/C17H12Cl3N3O/c1-9-2-3-11(19)7-14(9)21-17(24)16-8-15(22-23-16)12-5-4-10(18)6-13(12)20/h2-8H,1H3,(H,21,24)(H,22,23). The van der Waals surface area contributed by atoms with E-state index in [2.05, 4.69) is 15.5 Å². The number of nitrogens with one attached hydrogen (secondary N) is 2. The van der Waals surface area contributed by atoms with E-state index in [1.807, 2.05) is 13.0 Å². The summed E-state index contributed by atoms with van der Waals surface area (Å²) in [5.74, 6) is -0.316. The molecular weight excluding hydrogens is 369 g/mol. The SMILES string of the molecule is Cc1ccc(Cl)cc1NC(=O)c1cc(-c2ccc(Cl)cc2Cl)n[nH]1. The van der Waals surface area contributed by atoms with Gasteiger partial charge in [0, 0.05) is 21.3 Å². The molecule has 0 aliphatic carbocycles. The molecule has 4 nitrogen and oxygen atoms in total. The van der Waals surface area contributed by atoms with Crippen LogP contribution in [0.1, 0.15) is 16.1 Å². The van der Waals surface area contributed by atoms with Crippen molar-refractivity contribution in [2.24, 2.45) is 0 Å². The Labute approximate surface area is 153 Å². The number of halogens is 3. The number of aromatic amines is 1. The number of benzene rings is 2. The van der Waals surface area contributed by atoms with Gasteiger partial charge in [0.1, 0.15) is 5.69 Å². The Morgan fingerprint density at radius 2 is 1.75 bits per heavy atom. The van der Waals surface area contributed by atoms with Gasteiger partial charge in [0.05, 0.1) is 10.7 Å². The molecule has 0 aliphatic rings. The van der Waals surface area contributed by atoms with E-state index in [4.69, 9.17) is 34.8 Å². The Morgan fingerprint density at radius 1 is 1.04 bits per heavy atom. The molecular formula is C17H12Cl3N3O. The molecule has 1 amide bonds. The Hall–Kier alpha value is -2.01. The third-order valence-corrected chi connectivity index (χ3v) is 4.26. The number of anilines is 1. The van der Waals surface area contributed by atoms with Gasteiger partial charge in [0.25, 0.3) is 5.91 Å². The Bertz CT molecular complexity index is 921. The number of carbonyl (C=O) groups excluding carboxylic acids is 1. The quantitative estimate of drug-likeness (QED) is 0.621. The van der Waals surface area contributed by atoms with Crippen molar-refractivity contribution in [2.75, 3.05) is 5.32 Å². The van der Waals surface area contributed by atoms with Crippen LogP contribution in [0.5, 0.6) is 0 Å². The van der Waals surface area contributed by atoms with Crippen LogP contribution >= 0.6 is 34.8 Å². The van der Waals surface area contributed by atoms with Crippen LogP contribution < -0.4 is 5.32 Å². The first kappa shape index (κ1) is 16.8. The number of hydrogen-bond acceptors (Lipinski definition) is 2. The third kappa shape index (κ3) is 3.56. The van der Waals surface area contributed by atoms with E-state index in [1.54, 1.807) is 36.4 Å². The highest BCUT2D eigenvalue weighted by Gasteiger charge is 2.14. The van der Waals surface area contributed by atoms with Crippen molar-refractivity contribution in [3.05, 3.63) is 68.8 Å². The summed E-state index contributed by atoms with van der Waals surface area (Å²) in [6.45, 7) is 1.89. The number of carbonyl (C=O) groups is 1. The van der Waals surface area contributed by atoms with Gasteiger partial charge in [-0.3, -0.25) is 9.89 Å². The molecule has 1 heterocycles. The summed E-state index contributed by atoms with van der Waals surface area (Å²) < 4.78 is 0. The molecule has 3 aromatic rings. The lowest BCUT2D eigenvalue weighted by atomic mass is 10.1. The first-order valence-electron chi connectivity index (χ1n) is 7.02. The molecule has 0 fully saturated rings. The van der Waals surface area contributed by atoms with Crippen LogP contribution in [0, 0.1) is 6.92 Å². The van der Waals surface area contributed by atoms with Gasteiger partial charge in [-0.05, 0) is 48.9 Å². The topological polar surface area (TPSA) is 57.8 Å². The molecule has 2 aromatic carbocycles. The van der Waals surface area contributed by atoms with E-state index in [1.165, 1.54) is 0 Å². The highest BCUT2D eigenvalue weighted by Crippen LogP contribution is 2.29. The van der Waals surface area contributed by atoms with Gasteiger partial charge >= 0.3 is 0 Å².